The van der Waals surface area contributed by atoms with Gasteiger partial charge in [0.05, 0.1) is 6.07 Å². The number of nitrogens with one attached hydrogen (secondary N) is 1. The zero-order chi connectivity index (χ0) is 11.1. The second kappa shape index (κ2) is 6.25. The molecule has 0 aliphatic carbocycles. The van der Waals surface area contributed by atoms with E-state index in [-0.39, 0.29) is 5.56 Å². The third kappa shape index (κ3) is 4.17. The van der Waals surface area contributed by atoms with Crippen molar-refractivity contribution in [3.8, 4) is 6.07 Å². The molecule has 5 heteroatoms. The predicted molar refractivity (Wildman–Crippen MR) is 59.8 cm³/mol. The molecule has 1 N–H and O–H groups in total. The van der Waals surface area contributed by atoms with Crippen molar-refractivity contribution in [2.24, 2.45) is 0 Å². The van der Waals surface area contributed by atoms with E-state index in [1.54, 1.807) is 0 Å². The number of H-pyrrole nitrogens is 1. The van der Waals surface area contributed by atoms with E-state index < -0.39 is 0 Å². The Hall–Kier alpha value is -1.28. The van der Waals surface area contributed by atoms with Crippen LogP contribution in [0.2, 0.25) is 0 Å². The van der Waals surface area contributed by atoms with E-state index >= 15 is 0 Å². The maximum Gasteiger partial charge on any atom is 0.251 e. The quantitative estimate of drug-likeness (QED) is 0.469. The molecule has 80 valence electrons. The summed E-state index contributed by atoms with van der Waals surface area (Å²) in [4.78, 5) is 18.2. The Labute approximate surface area is 92.7 Å². The normalized spacial score (nSPS) is 9.87. The summed E-state index contributed by atoms with van der Waals surface area (Å²) in [5.74, 6) is 0.662. The highest BCUT2D eigenvalue weighted by atomic mass is 32.2. The summed E-state index contributed by atoms with van der Waals surface area (Å²) in [6.07, 6.45) is 2.25. The van der Waals surface area contributed by atoms with E-state index in [9.17, 15) is 4.79 Å². The van der Waals surface area contributed by atoms with Gasteiger partial charge in [-0.2, -0.15) is 5.26 Å². The number of thioether (sulfide) groups is 1. The van der Waals surface area contributed by atoms with Crippen LogP contribution < -0.4 is 5.56 Å². The van der Waals surface area contributed by atoms with Crippen LogP contribution in [-0.2, 0) is 6.42 Å². The lowest BCUT2D eigenvalue weighted by molar-refractivity contribution is 0.816. The maximum atomic E-state index is 11.2. The van der Waals surface area contributed by atoms with Crippen LogP contribution in [0.15, 0.2) is 16.0 Å². The summed E-state index contributed by atoms with van der Waals surface area (Å²) in [5, 5.41) is 8.99. The summed E-state index contributed by atoms with van der Waals surface area (Å²) in [5.41, 5.74) is 0.702. The van der Waals surface area contributed by atoms with Crippen molar-refractivity contribution in [1.82, 2.24) is 9.97 Å². The van der Waals surface area contributed by atoms with E-state index in [1.807, 2.05) is 6.92 Å². The molecule has 0 unspecified atom stereocenters. The molecule has 0 aliphatic heterocycles. The average Bonchev–Trinajstić information content (AvgIpc) is 2.18. The molecule has 1 aromatic heterocycles. The lowest BCUT2D eigenvalue weighted by Crippen LogP contribution is -2.10. The van der Waals surface area contributed by atoms with Crippen molar-refractivity contribution < 1.29 is 0 Å². The Kier molecular flexibility index (Phi) is 4.91. The number of hydrogen-bond donors (Lipinski definition) is 1. The van der Waals surface area contributed by atoms with Gasteiger partial charge in [0.2, 0.25) is 0 Å². The smallest absolute Gasteiger partial charge is 0.251 e. The van der Waals surface area contributed by atoms with Crippen LogP contribution in [0.25, 0.3) is 0 Å². The largest absolute Gasteiger partial charge is 0.301 e. The first-order chi connectivity index (χ1) is 7.26. The van der Waals surface area contributed by atoms with E-state index in [1.165, 1.54) is 17.8 Å². The van der Waals surface area contributed by atoms with Crippen molar-refractivity contribution in [2.45, 2.75) is 31.3 Å². The molecule has 0 amide bonds. The zero-order valence-corrected chi connectivity index (χ0v) is 9.43. The first-order valence-electron chi connectivity index (χ1n) is 4.86. The number of hydrogen-bond acceptors (Lipinski definition) is 4. The molecule has 0 aromatic carbocycles. The summed E-state index contributed by atoms with van der Waals surface area (Å²) in [6, 6.07) is 3.58. The molecule has 0 saturated heterocycles. The predicted octanol–water partition coefficient (Wildman–Crippen LogP) is 1.73. The fourth-order valence-corrected chi connectivity index (χ4v) is 1.87. The fourth-order valence-electron chi connectivity index (χ4n) is 1.13. The fraction of sp³-hybridized carbons (Fsp3) is 0.500. The first-order valence-corrected chi connectivity index (χ1v) is 5.84. The zero-order valence-electron chi connectivity index (χ0n) is 8.62. The maximum absolute atomic E-state index is 11.2. The number of aryl methyl sites for hydroxylation is 1. The summed E-state index contributed by atoms with van der Waals surface area (Å²) in [6.45, 7) is 2.05. The SMILES string of the molecule is CCCc1cc(=O)[nH]c(SCCC#N)n1. The molecule has 0 aliphatic rings. The van der Waals surface area contributed by atoms with Crippen molar-refractivity contribution in [1.29, 1.82) is 5.26 Å². The van der Waals surface area contributed by atoms with Gasteiger partial charge in [-0.3, -0.25) is 4.79 Å². The molecule has 1 aromatic rings. The van der Waals surface area contributed by atoms with Gasteiger partial charge in [0.15, 0.2) is 5.16 Å². The van der Waals surface area contributed by atoms with Crippen LogP contribution in [-0.4, -0.2) is 15.7 Å². The van der Waals surface area contributed by atoms with Gasteiger partial charge in [-0.25, -0.2) is 4.98 Å². The van der Waals surface area contributed by atoms with Crippen molar-refractivity contribution in [3.63, 3.8) is 0 Å². The minimum atomic E-state index is -0.118. The Balaban J connectivity index is 2.71. The van der Waals surface area contributed by atoms with Gasteiger partial charge in [0.25, 0.3) is 5.56 Å². The van der Waals surface area contributed by atoms with E-state index in [0.717, 1.165) is 18.5 Å². The number of nitrogens with zero attached hydrogens (tertiary/aromatic N) is 2. The van der Waals surface area contributed by atoms with Gasteiger partial charge < -0.3 is 4.98 Å². The highest BCUT2D eigenvalue weighted by Gasteiger charge is 2.01. The number of rotatable bonds is 5. The molecule has 15 heavy (non-hydrogen) atoms. The highest BCUT2D eigenvalue weighted by Crippen LogP contribution is 2.12. The molecule has 0 atom stereocenters. The van der Waals surface area contributed by atoms with Gasteiger partial charge >= 0.3 is 0 Å². The highest BCUT2D eigenvalue weighted by molar-refractivity contribution is 7.99. The standard InChI is InChI=1S/C10H13N3OS/c1-2-4-8-7-9(14)13-10(12-8)15-6-3-5-11/h7H,2-4,6H2,1H3,(H,12,13,14). The van der Waals surface area contributed by atoms with Crippen molar-refractivity contribution in [3.05, 3.63) is 22.1 Å². The molecule has 0 fully saturated rings. The summed E-state index contributed by atoms with van der Waals surface area (Å²) < 4.78 is 0. The molecular formula is C10H13N3OS. The monoisotopic (exact) mass is 223 g/mol. The third-order valence-corrected chi connectivity index (χ3v) is 2.61. The van der Waals surface area contributed by atoms with Gasteiger partial charge in [-0.05, 0) is 6.42 Å². The minimum absolute atomic E-state index is 0.118. The molecule has 4 nitrogen and oxygen atoms in total. The van der Waals surface area contributed by atoms with Gasteiger partial charge in [0, 0.05) is 23.9 Å². The number of aromatic nitrogens is 2. The topological polar surface area (TPSA) is 69.5 Å². The van der Waals surface area contributed by atoms with Crippen LogP contribution in [0.1, 0.15) is 25.5 Å². The average molecular weight is 223 g/mol. The Morgan fingerprint density at radius 3 is 3.13 bits per heavy atom. The second-order valence-corrected chi connectivity index (χ2v) is 4.13. The van der Waals surface area contributed by atoms with Crippen LogP contribution in [0.5, 0.6) is 0 Å². The Bertz CT molecular complexity index is 408. The second-order valence-electron chi connectivity index (χ2n) is 3.05. The van der Waals surface area contributed by atoms with Crippen LogP contribution in [0.4, 0.5) is 0 Å². The van der Waals surface area contributed by atoms with Crippen LogP contribution >= 0.6 is 11.8 Å². The van der Waals surface area contributed by atoms with Crippen LogP contribution in [0.3, 0.4) is 0 Å². The van der Waals surface area contributed by atoms with Gasteiger partial charge in [0.1, 0.15) is 0 Å². The van der Waals surface area contributed by atoms with Crippen molar-refractivity contribution >= 4 is 11.8 Å². The first kappa shape index (κ1) is 11.8. The third-order valence-electron chi connectivity index (χ3n) is 1.73. The van der Waals surface area contributed by atoms with Gasteiger partial charge in [-0.1, -0.05) is 25.1 Å². The minimum Gasteiger partial charge on any atom is -0.301 e. The van der Waals surface area contributed by atoms with Crippen LogP contribution in [0, 0.1) is 11.3 Å². The van der Waals surface area contributed by atoms with E-state index in [2.05, 4.69) is 16.0 Å². The molecule has 0 saturated carbocycles. The molecule has 0 spiro atoms. The molecule has 0 radical (unpaired) electrons. The molecular weight excluding hydrogens is 210 g/mol. The summed E-state index contributed by atoms with van der Waals surface area (Å²) in [7, 11) is 0. The Morgan fingerprint density at radius 2 is 2.47 bits per heavy atom. The Morgan fingerprint density at radius 1 is 1.67 bits per heavy atom. The van der Waals surface area contributed by atoms with E-state index in [4.69, 9.17) is 5.26 Å². The van der Waals surface area contributed by atoms with Gasteiger partial charge in [-0.15, -0.1) is 0 Å². The number of nitriles is 1. The molecule has 1 rings (SSSR count). The lowest BCUT2D eigenvalue weighted by atomic mass is 10.2. The lowest BCUT2D eigenvalue weighted by Gasteiger charge is -2.01. The number of aromatic amines is 1. The molecule has 0 bridgehead atoms. The van der Waals surface area contributed by atoms with Crippen molar-refractivity contribution in [2.75, 3.05) is 5.75 Å². The van der Waals surface area contributed by atoms with E-state index in [0.29, 0.717) is 17.3 Å². The molecule has 1 heterocycles. The summed E-state index contributed by atoms with van der Waals surface area (Å²) >= 11 is 1.41.